The lowest BCUT2D eigenvalue weighted by Gasteiger charge is -2.44. The fourth-order valence-electron chi connectivity index (χ4n) is 7.51. The Morgan fingerprint density at radius 2 is 2.02 bits per heavy atom. The van der Waals surface area contributed by atoms with E-state index in [-0.39, 0.29) is 73.5 Å². The number of nitrogens with two attached hydrogens (primary N) is 1. The first kappa shape index (κ1) is 31.1. The zero-order valence-electron chi connectivity index (χ0n) is 26.0. The number of amides is 1. The topological polar surface area (TPSA) is 124 Å². The number of hydrogen-bond donors (Lipinski definition) is 1. The Hall–Kier alpha value is -4.48. The Morgan fingerprint density at radius 3 is 2.79 bits per heavy atom. The average Bonchev–Trinajstić information content (AvgIpc) is 3.72. The molecule has 0 unspecified atom stereocenters. The van der Waals surface area contributed by atoms with Gasteiger partial charge in [0.2, 0.25) is 5.91 Å². The predicted molar refractivity (Wildman–Crippen MR) is 174 cm³/mol. The van der Waals surface area contributed by atoms with Gasteiger partial charge in [-0.25, -0.2) is 18.2 Å². The van der Waals surface area contributed by atoms with Gasteiger partial charge in [-0.05, 0) is 57.5 Å². The van der Waals surface area contributed by atoms with Crippen LogP contribution in [0.2, 0.25) is 0 Å². The molecule has 4 atom stereocenters. The number of carbonyl (C=O) groups is 1. The molecule has 10 nitrogen and oxygen atoms in total. The van der Waals surface area contributed by atoms with E-state index in [0.29, 0.717) is 31.9 Å². The Morgan fingerprint density at radius 1 is 1.21 bits per heavy atom. The van der Waals surface area contributed by atoms with Crippen LogP contribution in [0.15, 0.2) is 30.9 Å². The van der Waals surface area contributed by atoms with Crippen LogP contribution in [0.25, 0.3) is 32.2 Å². The third-order valence-corrected chi connectivity index (χ3v) is 10.6. The maximum atomic E-state index is 17.0. The normalized spacial score (nSPS) is 24.6. The molecule has 2 N–H and O–H groups in total. The number of rotatable bonds is 6. The summed E-state index contributed by atoms with van der Waals surface area (Å²) in [6, 6.07) is 5.62. The number of anilines is 2. The van der Waals surface area contributed by atoms with E-state index in [4.69, 9.17) is 15.5 Å². The molecule has 3 saturated heterocycles. The molecule has 3 aliphatic rings. The highest BCUT2D eigenvalue weighted by molar-refractivity contribution is 7.22. The van der Waals surface area contributed by atoms with Gasteiger partial charge in [-0.15, -0.1) is 0 Å². The standard InChI is InChI=1S/C33H33F3N8O2S/c1-4-24(45)43-13-18(3)44(14-17(43)2)30-22-10-19(12-37)25(21-6-7-23(35)29-28(21)39-31(38)47-29)26(36)27(22)40-32(41-30)46-16-33-8-5-9-42(33)15-20(34)11-33/h4,6-7,10,17-18,20H,1,5,8-9,11,13-16H2,2-3H3,(H2,38,39)/t17-,18+,20-,33+/m1/s1. The van der Waals surface area contributed by atoms with E-state index in [9.17, 15) is 18.8 Å². The molecule has 7 rings (SSSR count). The van der Waals surface area contributed by atoms with Crippen LogP contribution in [0.4, 0.5) is 24.1 Å². The van der Waals surface area contributed by atoms with E-state index in [2.05, 4.69) is 27.5 Å². The molecular formula is C33H33F3N8O2S. The van der Waals surface area contributed by atoms with Crippen molar-refractivity contribution in [2.75, 3.05) is 43.4 Å². The average molecular weight is 663 g/mol. The minimum atomic E-state index is -0.958. The third-order valence-electron chi connectivity index (χ3n) is 9.74. The summed E-state index contributed by atoms with van der Waals surface area (Å²) in [5.41, 5.74) is 5.54. The number of fused-ring (bicyclic) bond motifs is 3. The van der Waals surface area contributed by atoms with Gasteiger partial charge < -0.3 is 20.3 Å². The van der Waals surface area contributed by atoms with Crippen LogP contribution in [0.1, 0.15) is 38.7 Å². The van der Waals surface area contributed by atoms with Gasteiger partial charge in [0.25, 0.3) is 0 Å². The van der Waals surface area contributed by atoms with Crippen LogP contribution in [-0.4, -0.2) is 87.2 Å². The molecule has 2 aromatic heterocycles. The highest BCUT2D eigenvalue weighted by atomic mass is 32.1. The molecule has 5 heterocycles. The number of thiazole rings is 1. The molecular weight excluding hydrogens is 629 g/mol. The van der Waals surface area contributed by atoms with E-state index in [0.717, 1.165) is 30.7 Å². The SMILES string of the molecule is C=CC(=O)N1C[C@H](C)N(c2nc(OC[C@@]34CCCN3C[C@H](F)C4)nc3c(F)c(-c4ccc(F)c5sc(N)nc45)c(C#N)cc23)C[C@H]1C. The van der Waals surface area contributed by atoms with Crippen molar-refractivity contribution < 1.29 is 22.7 Å². The Balaban J connectivity index is 1.39. The number of halogens is 3. The molecule has 2 aromatic carbocycles. The first-order valence-electron chi connectivity index (χ1n) is 15.5. The second kappa shape index (κ2) is 11.6. The van der Waals surface area contributed by atoms with Crippen molar-refractivity contribution in [3.63, 3.8) is 0 Å². The number of nitriles is 1. The number of hydrogen-bond acceptors (Lipinski definition) is 10. The second-order valence-electron chi connectivity index (χ2n) is 12.7. The van der Waals surface area contributed by atoms with E-state index in [1.165, 1.54) is 24.3 Å². The van der Waals surface area contributed by atoms with Gasteiger partial charge in [0.05, 0.1) is 27.4 Å². The summed E-state index contributed by atoms with van der Waals surface area (Å²) >= 11 is 0.933. The summed E-state index contributed by atoms with van der Waals surface area (Å²) in [7, 11) is 0. The second-order valence-corrected chi connectivity index (χ2v) is 13.7. The van der Waals surface area contributed by atoms with Crippen molar-refractivity contribution in [2.24, 2.45) is 0 Å². The van der Waals surface area contributed by atoms with Gasteiger partial charge in [-0.1, -0.05) is 17.9 Å². The van der Waals surface area contributed by atoms with Crippen LogP contribution in [-0.2, 0) is 4.79 Å². The third kappa shape index (κ3) is 5.12. The quantitative estimate of drug-likeness (QED) is 0.277. The number of nitrogens with zero attached hydrogens (tertiary/aromatic N) is 7. The summed E-state index contributed by atoms with van der Waals surface area (Å²) in [5.74, 6) is -1.23. The number of ether oxygens (including phenoxy) is 1. The van der Waals surface area contributed by atoms with Crippen molar-refractivity contribution in [3.05, 3.63) is 48.1 Å². The smallest absolute Gasteiger partial charge is 0.319 e. The van der Waals surface area contributed by atoms with Crippen molar-refractivity contribution in [1.82, 2.24) is 24.8 Å². The molecule has 244 valence electrons. The molecule has 0 spiro atoms. The van der Waals surface area contributed by atoms with Gasteiger partial charge in [0.1, 0.15) is 29.9 Å². The fourth-order valence-corrected chi connectivity index (χ4v) is 8.28. The fraction of sp³-hybridized carbons (Fsp3) is 0.424. The summed E-state index contributed by atoms with van der Waals surface area (Å²) < 4.78 is 52.6. The number of nitrogen functional groups attached to an aromatic ring is 1. The first-order chi connectivity index (χ1) is 22.5. The molecule has 0 aliphatic carbocycles. The van der Waals surface area contributed by atoms with Crippen molar-refractivity contribution in [2.45, 2.75) is 56.9 Å². The molecule has 3 aliphatic heterocycles. The van der Waals surface area contributed by atoms with E-state index >= 15 is 4.39 Å². The summed E-state index contributed by atoms with van der Waals surface area (Å²) in [4.78, 5) is 31.9. The summed E-state index contributed by atoms with van der Waals surface area (Å²) in [5, 5.41) is 10.7. The lowest BCUT2D eigenvalue weighted by molar-refractivity contribution is -0.128. The van der Waals surface area contributed by atoms with Crippen molar-refractivity contribution >= 4 is 49.3 Å². The highest BCUT2D eigenvalue weighted by Gasteiger charge is 2.49. The minimum absolute atomic E-state index is 0.0189. The lowest BCUT2D eigenvalue weighted by Crippen LogP contribution is -2.58. The van der Waals surface area contributed by atoms with Crippen LogP contribution < -0.4 is 15.4 Å². The number of alkyl halides is 1. The molecule has 47 heavy (non-hydrogen) atoms. The molecule has 0 saturated carbocycles. The summed E-state index contributed by atoms with van der Waals surface area (Å²) in [6.07, 6.45) is 2.34. The molecule has 3 fully saturated rings. The predicted octanol–water partition coefficient (Wildman–Crippen LogP) is 5.21. The molecule has 14 heteroatoms. The molecule has 1 amide bonds. The zero-order valence-corrected chi connectivity index (χ0v) is 26.8. The first-order valence-corrected chi connectivity index (χ1v) is 16.4. The molecule has 0 radical (unpaired) electrons. The van der Waals surface area contributed by atoms with E-state index < -0.39 is 23.3 Å². The van der Waals surface area contributed by atoms with E-state index in [1.807, 2.05) is 18.7 Å². The van der Waals surface area contributed by atoms with Gasteiger partial charge in [0.15, 0.2) is 10.9 Å². The summed E-state index contributed by atoms with van der Waals surface area (Å²) in [6.45, 7) is 9.42. The van der Waals surface area contributed by atoms with Crippen molar-refractivity contribution in [1.29, 1.82) is 5.26 Å². The van der Waals surface area contributed by atoms with Crippen LogP contribution in [0.5, 0.6) is 6.01 Å². The van der Waals surface area contributed by atoms with Gasteiger partial charge in [0, 0.05) is 54.7 Å². The molecule has 0 bridgehead atoms. The highest BCUT2D eigenvalue weighted by Crippen LogP contribution is 2.43. The monoisotopic (exact) mass is 662 g/mol. The zero-order chi connectivity index (χ0) is 33.2. The van der Waals surface area contributed by atoms with E-state index in [1.54, 1.807) is 4.90 Å². The van der Waals surface area contributed by atoms with Gasteiger partial charge in [-0.3, -0.25) is 9.69 Å². The van der Waals surface area contributed by atoms with Crippen LogP contribution >= 0.6 is 11.3 Å². The number of benzene rings is 2. The number of piperazine rings is 1. The van der Waals surface area contributed by atoms with Crippen LogP contribution in [0, 0.1) is 23.0 Å². The maximum absolute atomic E-state index is 17.0. The van der Waals surface area contributed by atoms with Gasteiger partial charge in [-0.2, -0.15) is 15.2 Å². The number of carbonyl (C=O) groups excluding carboxylic acids is 1. The number of aromatic nitrogens is 3. The Bertz CT molecular complexity index is 1980. The molecule has 4 aromatic rings. The maximum Gasteiger partial charge on any atom is 0.319 e. The largest absolute Gasteiger partial charge is 0.461 e. The van der Waals surface area contributed by atoms with Crippen LogP contribution in [0.3, 0.4) is 0 Å². The Kier molecular flexibility index (Phi) is 7.71. The van der Waals surface area contributed by atoms with Crippen molar-refractivity contribution in [3.8, 4) is 23.2 Å². The van der Waals surface area contributed by atoms with Gasteiger partial charge >= 0.3 is 6.01 Å². The minimum Gasteiger partial charge on any atom is -0.461 e. The Labute approximate surface area is 273 Å². The lowest BCUT2D eigenvalue weighted by atomic mass is 9.95.